The lowest BCUT2D eigenvalue weighted by molar-refractivity contribution is -0.115. The first-order chi connectivity index (χ1) is 17.5. The van der Waals surface area contributed by atoms with E-state index >= 15 is 0 Å². The zero-order chi connectivity index (χ0) is 25.1. The number of esters is 1. The van der Waals surface area contributed by atoms with E-state index in [9.17, 15) is 9.59 Å². The third-order valence-electron chi connectivity index (χ3n) is 6.84. The predicted octanol–water partition coefficient (Wildman–Crippen LogP) is 4.08. The Kier molecular flexibility index (Phi) is 6.93. The van der Waals surface area contributed by atoms with Crippen LogP contribution in [0.2, 0.25) is 0 Å². The highest BCUT2D eigenvalue weighted by Gasteiger charge is 2.36. The number of hydrogen-bond donors (Lipinski definition) is 1. The van der Waals surface area contributed by atoms with Gasteiger partial charge in [-0.2, -0.15) is 0 Å². The number of carbonyl (C=O) groups is 2. The van der Waals surface area contributed by atoms with Crippen molar-refractivity contribution in [3.63, 3.8) is 0 Å². The van der Waals surface area contributed by atoms with Gasteiger partial charge in [0, 0.05) is 38.4 Å². The van der Waals surface area contributed by atoms with Crippen LogP contribution < -0.4 is 5.32 Å². The fourth-order valence-corrected chi connectivity index (χ4v) is 4.76. The molecule has 1 amide bonds. The molecule has 5 rings (SSSR count). The van der Waals surface area contributed by atoms with E-state index in [0.717, 1.165) is 49.5 Å². The predicted molar refractivity (Wildman–Crippen MR) is 141 cm³/mol. The summed E-state index contributed by atoms with van der Waals surface area (Å²) in [5.74, 6) is -1.19. The Bertz CT molecular complexity index is 1280. The van der Waals surface area contributed by atoms with Crippen molar-refractivity contribution in [1.82, 2.24) is 9.80 Å². The molecule has 36 heavy (non-hydrogen) atoms. The smallest absolute Gasteiger partial charge is 0.337 e. The van der Waals surface area contributed by atoms with Crippen LogP contribution in [0, 0.1) is 0 Å². The van der Waals surface area contributed by atoms with Gasteiger partial charge in [0.1, 0.15) is 5.92 Å². The first-order valence-corrected chi connectivity index (χ1v) is 12.2. The van der Waals surface area contributed by atoms with Gasteiger partial charge in [0.15, 0.2) is 0 Å². The van der Waals surface area contributed by atoms with Crippen LogP contribution in [0.5, 0.6) is 0 Å². The van der Waals surface area contributed by atoms with Crippen LogP contribution in [0.3, 0.4) is 0 Å². The summed E-state index contributed by atoms with van der Waals surface area (Å²) >= 11 is 0. The van der Waals surface area contributed by atoms with Gasteiger partial charge in [-0.25, -0.2) is 4.79 Å². The van der Waals surface area contributed by atoms with Crippen molar-refractivity contribution < 1.29 is 14.3 Å². The zero-order valence-electron chi connectivity index (χ0n) is 20.6. The number of methoxy groups -OCH3 is 1. The molecular formula is C29H30N4O3. The van der Waals surface area contributed by atoms with Crippen LogP contribution in [0.15, 0.2) is 77.8 Å². The van der Waals surface area contributed by atoms with Crippen molar-refractivity contribution in [1.29, 1.82) is 0 Å². The highest BCUT2D eigenvalue weighted by Crippen LogP contribution is 2.37. The van der Waals surface area contributed by atoms with E-state index in [1.807, 2.05) is 48.5 Å². The Morgan fingerprint density at radius 3 is 2.39 bits per heavy atom. The van der Waals surface area contributed by atoms with Gasteiger partial charge in [0.2, 0.25) is 5.91 Å². The molecule has 1 N–H and O–H groups in total. The summed E-state index contributed by atoms with van der Waals surface area (Å²) in [7, 11) is 3.50. The molecule has 2 aliphatic heterocycles. The molecule has 0 saturated carbocycles. The van der Waals surface area contributed by atoms with Gasteiger partial charge in [0.05, 0.1) is 24.1 Å². The summed E-state index contributed by atoms with van der Waals surface area (Å²) < 4.78 is 4.83. The maximum atomic E-state index is 13.2. The number of nitrogens with zero attached hydrogens (tertiary/aromatic N) is 3. The minimum atomic E-state index is -0.584. The Hall–Kier alpha value is -3.81. The van der Waals surface area contributed by atoms with Gasteiger partial charge in [-0.3, -0.25) is 14.7 Å². The second-order valence-electron chi connectivity index (χ2n) is 9.32. The van der Waals surface area contributed by atoms with E-state index in [1.54, 1.807) is 12.1 Å². The minimum absolute atomic E-state index is 0.165. The average Bonchev–Trinajstić information content (AvgIpc) is 3.24. The van der Waals surface area contributed by atoms with Gasteiger partial charge < -0.3 is 15.0 Å². The van der Waals surface area contributed by atoms with Gasteiger partial charge in [-0.05, 0) is 48.0 Å². The molecule has 1 saturated heterocycles. The lowest BCUT2D eigenvalue weighted by Gasteiger charge is -2.32. The Morgan fingerprint density at radius 1 is 0.972 bits per heavy atom. The maximum absolute atomic E-state index is 13.2. The lowest BCUT2D eigenvalue weighted by Crippen LogP contribution is -2.43. The Balaban J connectivity index is 1.45. The van der Waals surface area contributed by atoms with Crippen LogP contribution >= 0.6 is 0 Å². The molecule has 3 aromatic carbocycles. The van der Waals surface area contributed by atoms with Crippen LogP contribution in [0.4, 0.5) is 11.4 Å². The third-order valence-corrected chi connectivity index (χ3v) is 6.84. The summed E-state index contributed by atoms with van der Waals surface area (Å²) in [5.41, 5.74) is 5.39. The number of aliphatic imine (C=N–C) groups is 1. The van der Waals surface area contributed by atoms with Crippen molar-refractivity contribution in [2.75, 3.05) is 45.7 Å². The maximum Gasteiger partial charge on any atom is 0.337 e. The number of anilines is 1. The zero-order valence-corrected chi connectivity index (χ0v) is 20.6. The number of carbonyl (C=O) groups excluding carboxylic acids is 2. The number of benzene rings is 3. The number of piperazine rings is 1. The number of fused-ring (bicyclic) bond motifs is 1. The molecule has 0 radical (unpaired) electrons. The molecule has 7 heteroatoms. The molecule has 1 fully saturated rings. The number of amides is 1. The molecule has 2 aliphatic rings. The molecule has 184 valence electrons. The van der Waals surface area contributed by atoms with Gasteiger partial charge in [-0.1, -0.05) is 48.5 Å². The third kappa shape index (κ3) is 5.08. The minimum Gasteiger partial charge on any atom is -0.465 e. The quantitative estimate of drug-likeness (QED) is 0.423. The standard InChI is InChI=1S/C29H30N4O3/c1-32-14-16-33(17-15-32)19-20-8-11-23(12-9-20)30-27(21-6-4-3-5-7-21)26-24-13-10-22(29(35)36-2)18-25(24)31-28(26)34/h3-13,18,26H,14-17,19H2,1-2H3,(H,31,34). The fraction of sp³-hybridized carbons (Fsp3) is 0.276. The Labute approximate surface area is 211 Å². The van der Waals surface area contributed by atoms with Crippen LogP contribution in [0.25, 0.3) is 0 Å². The van der Waals surface area contributed by atoms with Crippen molar-refractivity contribution in [3.05, 3.63) is 95.1 Å². The van der Waals surface area contributed by atoms with E-state index in [-0.39, 0.29) is 5.91 Å². The summed E-state index contributed by atoms with van der Waals surface area (Å²) in [5, 5.41) is 2.92. The van der Waals surface area contributed by atoms with Crippen molar-refractivity contribution in [2.24, 2.45) is 4.99 Å². The average molecular weight is 483 g/mol. The molecule has 1 atom stereocenters. The van der Waals surface area contributed by atoms with Crippen LogP contribution in [-0.2, 0) is 16.1 Å². The number of likely N-dealkylation sites (N-methyl/N-ethyl adjacent to an activating group) is 1. The topological polar surface area (TPSA) is 74.2 Å². The summed E-state index contributed by atoms with van der Waals surface area (Å²) in [4.78, 5) is 34.9. The molecule has 0 bridgehead atoms. The first-order valence-electron chi connectivity index (χ1n) is 12.2. The molecule has 0 spiro atoms. The second kappa shape index (κ2) is 10.4. The molecular weight excluding hydrogens is 452 g/mol. The summed E-state index contributed by atoms with van der Waals surface area (Å²) in [6, 6.07) is 23.2. The van der Waals surface area contributed by atoms with E-state index < -0.39 is 11.9 Å². The fourth-order valence-electron chi connectivity index (χ4n) is 4.76. The van der Waals surface area contributed by atoms with E-state index in [0.29, 0.717) is 17.0 Å². The second-order valence-corrected chi connectivity index (χ2v) is 9.32. The summed E-state index contributed by atoms with van der Waals surface area (Å²) in [6.45, 7) is 5.25. The van der Waals surface area contributed by atoms with Crippen molar-refractivity contribution in [2.45, 2.75) is 12.5 Å². The van der Waals surface area contributed by atoms with Gasteiger partial charge >= 0.3 is 5.97 Å². The number of ether oxygens (including phenoxy) is 1. The highest BCUT2D eigenvalue weighted by atomic mass is 16.5. The van der Waals surface area contributed by atoms with Gasteiger partial charge in [0.25, 0.3) is 0 Å². The SMILES string of the molecule is COC(=O)c1ccc2c(c1)NC(=O)C2C(=Nc1ccc(CN2CCN(C)CC2)cc1)c1ccccc1. The molecule has 0 aromatic heterocycles. The monoisotopic (exact) mass is 482 g/mol. The number of rotatable bonds is 6. The molecule has 2 heterocycles. The normalized spacial score (nSPS) is 18.6. The molecule has 0 aliphatic carbocycles. The first kappa shape index (κ1) is 23.9. The molecule has 7 nitrogen and oxygen atoms in total. The van der Waals surface area contributed by atoms with Crippen LogP contribution in [-0.4, -0.2) is 67.7 Å². The Morgan fingerprint density at radius 2 is 1.69 bits per heavy atom. The number of nitrogens with one attached hydrogen (secondary N) is 1. The van der Waals surface area contributed by atoms with Crippen molar-refractivity contribution in [3.8, 4) is 0 Å². The summed E-state index contributed by atoms with van der Waals surface area (Å²) in [6.07, 6.45) is 0. The molecule has 3 aromatic rings. The lowest BCUT2D eigenvalue weighted by atomic mass is 9.90. The van der Waals surface area contributed by atoms with Crippen molar-refractivity contribution >= 4 is 29.0 Å². The van der Waals surface area contributed by atoms with E-state index in [4.69, 9.17) is 9.73 Å². The van der Waals surface area contributed by atoms with Crippen LogP contribution in [0.1, 0.15) is 33.0 Å². The van der Waals surface area contributed by atoms with Gasteiger partial charge in [-0.15, -0.1) is 0 Å². The number of hydrogen-bond acceptors (Lipinski definition) is 6. The largest absolute Gasteiger partial charge is 0.465 e. The van der Waals surface area contributed by atoms with E-state index in [1.165, 1.54) is 12.7 Å². The van der Waals surface area contributed by atoms with E-state index in [2.05, 4.69) is 34.3 Å². The highest BCUT2D eigenvalue weighted by molar-refractivity contribution is 6.24. The molecule has 1 unspecified atom stereocenters.